The Morgan fingerprint density at radius 2 is 2.50 bits per heavy atom. The first-order valence-electron chi connectivity index (χ1n) is 4.07. The van der Waals surface area contributed by atoms with E-state index in [4.69, 9.17) is 0 Å². The Labute approximate surface area is 70.8 Å². The van der Waals surface area contributed by atoms with Crippen LogP contribution in [0.4, 0.5) is 5.82 Å². The molecule has 0 radical (unpaired) electrons. The molecule has 0 aromatic carbocycles. The van der Waals surface area contributed by atoms with E-state index in [0.29, 0.717) is 6.54 Å². The molecule has 4 nitrogen and oxygen atoms in total. The smallest absolute Gasteiger partial charge is 0.151 e. The summed E-state index contributed by atoms with van der Waals surface area (Å²) in [7, 11) is 0. The van der Waals surface area contributed by atoms with Gasteiger partial charge >= 0.3 is 0 Å². The highest BCUT2D eigenvalue weighted by molar-refractivity contribution is 5.37. The number of rotatable bonds is 1. The Morgan fingerprint density at radius 3 is 3.08 bits per heavy atom. The summed E-state index contributed by atoms with van der Waals surface area (Å²) in [6.07, 6.45) is 2.28. The molecule has 1 atom stereocenters. The number of hydrogen-bond acceptors (Lipinski definition) is 4. The van der Waals surface area contributed by atoms with Gasteiger partial charge in [0.05, 0.1) is 6.10 Å². The lowest BCUT2D eigenvalue weighted by molar-refractivity contribution is 0.198. The first-order valence-corrected chi connectivity index (χ1v) is 4.07. The number of β-amino-alcohol motifs (C(OH)–C–C–N with tert-alkyl or cyclic N) is 1. The van der Waals surface area contributed by atoms with Crippen LogP contribution in [0, 0.1) is 0 Å². The summed E-state index contributed by atoms with van der Waals surface area (Å²) < 4.78 is 0. The topological polar surface area (TPSA) is 49.2 Å². The Balaban J connectivity index is 2.11. The summed E-state index contributed by atoms with van der Waals surface area (Å²) in [5, 5.41) is 17.0. The van der Waals surface area contributed by atoms with Crippen LogP contribution in [-0.2, 0) is 0 Å². The largest absolute Gasteiger partial charge is 0.391 e. The number of aliphatic hydroxyl groups is 1. The van der Waals surface area contributed by atoms with Crippen molar-refractivity contribution in [3.8, 4) is 0 Å². The highest BCUT2D eigenvalue weighted by Crippen LogP contribution is 2.15. The summed E-state index contributed by atoms with van der Waals surface area (Å²) in [5.41, 5.74) is 0. The fraction of sp³-hybridized carbons (Fsp3) is 0.500. The molecule has 4 heteroatoms. The molecule has 1 aromatic heterocycles. The van der Waals surface area contributed by atoms with Crippen LogP contribution >= 0.6 is 0 Å². The fourth-order valence-electron chi connectivity index (χ4n) is 1.41. The lowest BCUT2D eigenvalue weighted by atomic mass is 10.3. The van der Waals surface area contributed by atoms with Gasteiger partial charge < -0.3 is 10.0 Å². The predicted octanol–water partition coefficient (Wildman–Crippen LogP) is 0.0476. The van der Waals surface area contributed by atoms with Crippen molar-refractivity contribution in [2.75, 3.05) is 18.0 Å². The Bertz CT molecular complexity index is 252. The van der Waals surface area contributed by atoms with E-state index >= 15 is 0 Å². The van der Waals surface area contributed by atoms with Crippen molar-refractivity contribution < 1.29 is 5.11 Å². The molecule has 0 amide bonds. The van der Waals surface area contributed by atoms with Gasteiger partial charge in [0, 0.05) is 19.3 Å². The summed E-state index contributed by atoms with van der Waals surface area (Å²) in [4.78, 5) is 2.04. The molecule has 1 aliphatic rings. The lowest BCUT2D eigenvalue weighted by Gasteiger charge is -2.14. The summed E-state index contributed by atoms with van der Waals surface area (Å²) in [6, 6.07) is 3.76. The van der Waals surface area contributed by atoms with Crippen molar-refractivity contribution in [1.29, 1.82) is 0 Å². The van der Waals surface area contributed by atoms with Gasteiger partial charge in [-0.2, -0.15) is 5.10 Å². The van der Waals surface area contributed by atoms with Crippen LogP contribution in [0.1, 0.15) is 6.42 Å². The molecule has 0 saturated carbocycles. The molecule has 2 heterocycles. The molecule has 1 N–H and O–H groups in total. The second-order valence-electron chi connectivity index (χ2n) is 2.97. The maximum absolute atomic E-state index is 9.27. The fourth-order valence-corrected chi connectivity index (χ4v) is 1.41. The Hall–Kier alpha value is -1.16. The first-order chi connectivity index (χ1) is 5.86. The molecule has 12 heavy (non-hydrogen) atoms. The van der Waals surface area contributed by atoms with E-state index in [9.17, 15) is 5.11 Å². The highest BCUT2D eigenvalue weighted by Gasteiger charge is 2.20. The van der Waals surface area contributed by atoms with Crippen LogP contribution in [-0.4, -0.2) is 34.5 Å². The maximum Gasteiger partial charge on any atom is 0.151 e. The molecule has 1 aliphatic heterocycles. The van der Waals surface area contributed by atoms with Crippen molar-refractivity contribution >= 4 is 5.82 Å². The number of aliphatic hydroxyl groups excluding tert-OH is 1. The zero-order valence-electron chi connectivity index (χ0n) is 6.72. The van der Waals surface area contributed by atoms with E-state index in [1.54, 1.807) is 6.20 Å². The van der Waals surface area contributed by atoms with Gasteiger partial charge in [-0.15, -0.1) is 5.10 Å². The van der Waals surface area contributed by atoms with Crippen LogP contribution in [0.3, 0.4) is 0 Å². The van der Waals surface area contributed by atoms with Crippen molar-refractivity contribution in [3.63, 3.8) is 0 Å². The van der Waals surface area contributed by atoms with E-state index in [0.717, 1.165) is 18.8 Å². The quantitative estimate of drug-likeness (QED) is 0.638. The van der Waals surface area contributed by atoms with E-state index in [1.165, 1.54) is 0 Å². The van der Waals surface area contributed by atoms with Gasteiger partial charge in [0.2, 0.25) is 0 Å². The van der Waals surface area contributed by atoms with Crippen LogP contribution in [0.15, 0.2) is 18.3 Å². The molecule has 1 saturated heterocycles. The van der Waals surface area contributed by atoms with Gasteiger partial charge in [0.15, 0.2) is 5.82 Å². The minimum absolute atomic E-state index is 0.202. The van der Waals surface area contributed by atoms with Crippen molar-refractivity contribution in [2.45, 2.75) is 12.5 Å². The standard InChI is InChI=1S/C8H11N3O/c12-7-3-5-11(6-7)8-2-1-4-9-10-8/h1-2,4,7,12H,3,5-6H2/t7-/m0/s1. The SMILES string of the molecule is O[C@H]1CCN(c2cccnn2)C1. The summed E-state index contributed by atoms with van der Waals surface area (Å²) in [5.74, 6) is 0.856. The summed E-state index contributed by atoms with van der Waals surface area (Å²) >= 11 is 0. The minimum Gasteiger partial charge on any atom is -0.391 e. The number of nitrogens with zero attached hydrogens (tertiary/aromatic N) is 3. The van der Waals surface area contributed by atoms with E-state index in [2.05, 4.69) is 10.2 Å². The third-order valence-electron chi connectivity index (χ3n) is 2.05. The van der Waals surface area contributed by atoms with Crippen molar-refractivity contribution in [3.05, 3.63) is 18.3 Å². The van der Waals surface area contributed by atoms with E-state index < -0.39 is 0 Å². The van der Waals surface area contributed by atoms with Gasteiger partial charge in [-0.1, -0.05) is 0 Å². The number of hydrogen-bond donors (Lipinski definition) is 1. The third kappa shape index (κ3) is 1.38. The van der Waals surface area contributed by atoms with Gasteiger partial charge in [0.25, 0.3) is 0 Å². The maximum atomic E-state index is 9.27. The Morgan fingerprint density at radius 1 is 1.58 bits per heavy atom. The minimum atomic E-state index is -0.202. The van der Waals surface area contributed by atoms with Crippen LogP contribution in [0.2, 0.25) is 0 Å². The molecule has 0 spiro atoms. The molecule has 0 aliphatic carbocycles. The second-order valence-corrected chi connectivity index (χ2v) is 2.97. The van der Waals surface area contributed by atoms with E-state index in [1.807, 2.05) is 17.0 Å². The molecule has 1 fully saturated rings. The predicted molar refractivity (Wildman–Crippen MR) is 44.9 cm³/mol. The molecule has 0 unspecified atom stereocenters. The van der Waals surface area contributed by atoms with Gasteiger partial charge in [-0.3, -0.25) is 0 Å². The van der Waals surface area contributed by atoms with Gasteiger partial charge in [-0.05, 0) is 18.6 Å². The lowest BCUT2D eigenvalue weighted by Crippen LogP contribution is -2.22. The normalized spacial score (nSPS) is 23.1. The number of anilines is 1. The average Bonchev–Trinajstić information content (AvgIpc) is 2.54. The molecule has 0 bridgehead atoms. The van der Waals surface area contributed by atoms with Crippen molar-refractivity contribution in [1.82, 2.24) is 10.2 Å². The van der Waals surface area contributed by atoms with Crippen LogP contribution < -0.4 is 4.90 Å². The zero-order valence-corrected chi connectivity index (χ0v) is 6.72. The highest BCUT2D eigenvalue weighted by atomic mass is 16.3. The number of aromatic nitrogens is 2. The molecule has 64 valence electrons. The second kappa shape index (κ2) is 3.06. The Kier molecular flexibility index (Phi) is 1.91. The van der Waals surface area contributed by atoms with Gasteiger partial charge in [-0.25, -0.2) is 0 Å². The molecule has 2 rings (SSSR count). The average molecular weight is 165 g/mol. The monoisotopic (exact) mass is 165 g/mol. The van der Waals surface area contributed by atoms with Crippen LogP contribution in [0.5, 0.6) is 0 Å². The third-order valence-corrected chi connectivity index (χ3v) is 2.05. The molecule has 1 aromatic rings. The first kappa shape index (κ1) is 7.49. The molecular weight excluding hydrogens is 154 g/mol. The van der Waals surface area contributed by atoms with Gasteiger partial charge in [0.1, 0.15) is 0 Å². The van der Waals surface area contributed by atoms with Crippen LogP contribution in [0.25, 0.3) is 0 Å². The molecular formula is C8H11N3O. The van der Waals surface area contributed by atoms with Crippen molar-refractivity contribution in [2.24, 2.45) is 0 Å². The zero-order chi connectivity index (χ0) is 8.39. The van der Waals surface area contributed by atoms with E-state index in [-0.39, 0.29) is 6.10 Å². The summed E-state index contributed by atoms with van der Waals surface area (Å²) in [6.45, 7) is 1.55.